The minimum absolute atomic E-state index is 0.192. The van der Waals surface area contributed by atoms with Crippen molar-refractivity contribution < 1.29 is 17.9 Å². The predicted octanol–water partition coefficient (Wildman–Crippen LogP) is 3.91. The van der Waals surface area contributed by atoms with Gasteiger partial charge in [-0.2, -0.15) is 0 Å². The lowest BCUT2D eigenvalue weighted by Crippen LogP contribution is -2.16. The maximum atomic E-state index is 11.8. The van der Waals surface area contributed by atoms with E-state index in [1.54, 1.807) is 12.2 Å². The number of benzene rings is 1. The van der Waals surface area contributed by atoms with Crippen LogP contribution in [0.4, 0.5) is 13.2 Å². The molecule has 0 bridgehead atoms. The van der Waals surface area contributed by atoms with Gasteiger partial charge in [0.05, 0.1) is 0 Å². The molecule has 90 valence electrons. The Kier molecular flexibility index (Phi) is 4.42. The SMILES string of the molecule is [N-]=[N+]=NCC=Cc1ccc(OC(F)(F)F)cc1. The summed E-state index contributed by atoms with van der Waals surface area (Å²) in [6.45, 7) is 0.192. The first-order valence-electron chi connectivity index (χ1n) is 4.54. The zero-order valence-electron chi connectivity index (χ0n) is 8.55. The van der Waals surface area contributed by atoms with Crippen LogP contribution in [-0.4, -0.2) is 12.9 Å². The van der Waals surface area contributed by atoms with Gasteiger partial charge in [-0.05, 0) is 23.2 Å². The smallest absolute Gasteiger partial charge is 0.406 e. The Bertz CT molecular complexity index is 433. The summed E-state index contributed by atoms with van der Waals surface area (Å²) < 4.78 is 39.2. The zero-order valence-corrected chi connectivity index (χ0v) is 8.55. The molecule has 17 heavy (non-hydrogen) atoms. The molecular weight excluding hydrogens is 235 g/mol. The Labute approximate surface area is 94.9 Å². The van der Waals surface area contributed by atoms with E-state index in [1.807, 2.05) is 0 Å². The summed E-state index contributed by atoms with van der Waals surface area (Å²) in [5.74, 6) is -0.273. The second-order valence-electron chi connectivity index (χ2n) is 2.93. The van der Waals surface area contributed by atoms with E-state index in [0.717, 1.165) is 0 Å². The maximum Gasteiger partial charge on any atom is 0.573 e. The van der Waals surface area contributed by atoms with Gasteiger partial charge in [0.25, 0.3) is 0 Å². The highest BCUT2D eigenvalue weighted by atomic mass is 19.4. The molecule has 4 nitrogen and oxygen atoms in total. The average Bonchev–Trinajstić information content (AvgIpc) is 2.25. The van der Waals surface area contributed by atoms with Gasteiger partial charge in [0.1, 0.15) is 5.75 Å². The van der Waals surface area contributed by atoms with E-state index in [0.29, 0.717) is 5.56 Å². The fourth-order valence-electron chi connectivity index (χ4n) is 1.05. The monoisotopic (exact) mass is 243 g/mol. The first-order valence-corrected chi connectivity index (χ1v) is 4.54. The lowest BCUT2D eigenvalue weighted by Gasteiger charge is -2.08. The molecule has 7 heteroatoms. The zero-order chi connectivity index (χ0) is 12.7. The van der Waals surface area contributed by atoms with Crippen LogP contribution in [0.15, 0.2) is 35.5 Å². The van der Waals surface area contributed by atoms with Gasteiger partial charge >= 0.3 is 6.36 Å². The van der Waals surface area contributed by atoms with Gasteiger partial charge in [0.15, 0.2) is 0 Å². The second-order valence-corrected chi connectivity index (χ2v) is 2.93. The minimum Gasteiger partial charge on any atom is -0.406 e. The Morgan fingerprint density at radius 2 is 1.94 bits per heavy atom. The maximum absolute atomic E-state index is 11.8. The third kappa shape index (κ3) is 5.48. The number of rotatable bonds is 4. The lowest BCUT2D eigenvalue weighted by atomic mass is 10.2. The summed E-state index contributed by atoms with van der Waals surface area (Å²) in [6, 6.07) is 5.35. The van der Waals surface area contributed by atoms with Gasteiger partial charge in [-0.25, -0.2) is 0 Å². The molecule has 0 saturated carbocycles. The molecule has 1 rings (SSSR count). The van der Waals surface area contributed by atoms with Crippen LogP contribution in [0.5, 0.6) is 5.75 Å². The van der Waals surface area contributed by atoms with Crippen molar-refractivity contribution in [2.45, 2.75) is 6.36 Å². The second kappa shape index (κ2) is 5.81. The number of alkyl halides is 3. The first-order chi connectivity index (χ1) is 8.01. The molecule has 0 radical (unpaired) electrons. The molecule has 1 aromatic rings. The van der Waals surface area contributed by atoms with Gasteiger partial charge in [-0.3, -0.25) is 0 Å². The van der Waals surface area contributed by atoms with Crippen LogP contribution in [0.1, 0.15) is 5.56 Å². The summed E-state index contributed by atoms with van der Waals surface area (Å²) in [4.78, 5) is 2.55. The molecule has 0 aromatic heterocycles. The molecule has 0 aliphatic heterocycles. The number of nitrogens with zero attached hydrogens (tertiary/aromatic N) is 3. The normalized spacial score (nSPS) is 11.2. The number of hydrogen-bond donors (Lipinski definition) is 0. The summed E-state index contributed by atoms with van der Waals surface area (Å²) >= 11 is 0. The van der Waals surface area contributed by atoms with Crippen molar-refractivity contribution in [1.29, 1.82) is 0 Å². The lowest BCUT2D eigenvalue weighted by molar-refractivity contribution is -0.274. The van der Waals surface area contributed by atoms with E-state index in [9.17, 15) is 13.2 Å². The molecule has 0 unspecified atom stereocenters. The van der Waals surface area contributed by atoms with Crippen molar-refractivity contribution in [3.05, 3.63) is 46.3 Å². The summed E-state index contributed by atoms with van der Waals surface area (Å²) in [7, 11) is 0. The molecule has 0 atom stereocenters. The Morgan fingerprint density at radius 3 is 2.47 bits per heavy atom. The van der Waals surface area contributed by atoms with Gasteiger partial charge in [-0.1, -0.05) is 29.4 Å². The van der Waals surface area contributed by atoms with Crippen molar-refractivity contribution in [3.63, 3.8) is 0 Å². The van der Waals surface area contributed by atoms with Crippen molar-refractivity contribution in [2.75, 3.05) is 6.54 Å². The highest BCUT2D eigenvalue weighted by molar-refractivity contribution is 5.50. The van der Waals surface area contributed by atoms with Crippen molar-refractivity contribution in [2.24, 2.45) is 5.11 Å². The summed E-state index contributed by atoms with van der Waals surface area (Å²) in [5, 5.41) is 3.27. The third-order valence-corrected chi connectivity index (χ3v) is 1.67. The number of halogens is 3. The van der Waals surface area contributed by atoms with Crippen molar-refractivity contribution in [3.8, 4) is 5.75 Å². The molecule has 0 amide bonds. The average molecular weight is 243 g/mol. The Balaban J connectivity index is 2.62. The van der Waals surface area contributed by atoms with Gasteiger partial charge in [0, 0.05) is 11.5 Å². The largest absolute Gasteiger partial charge is 0.573 e. The highest BCUT2D eigenvalue weighted by Gasteiger charge is 2.30. The minimum atomic E-state index is -4.68. The molecule has 0 fully saturated rings. The van der Waals surface area contributed by atoms with Crippen LogP contribution < -0.4 is 4.74 Å². The number of ether oxygens (including phenoxy) is 1. The first kappa shape index (κ1) is 12.9. The fraction of sp³-hybridized carbons (Fsp3) is 0.200. The standard InChI is InChI=1S/C10H8F3N3O/c11-10(12,13)17-9-5-3-8(4-6-9)2-1-7-15-16-14/h1-6H,7H2. The van der Waals surface area contributed by atoms with Crippen LogP contribution in [0.2, 0.25) is 0 Å². The summed E-state index contributed by atoms with van der Waals surface area (Å²) in [5.41, 5.74) is 8.70. The number of hydrogen-bond acceptors (Lipinski definition) is 2. The Hall–Kier alpha value is -2.14. The van der Waals surface area contributed by atoms with Crippen molar-refractivity contribution in [1.82, 2.24) is 0 Å². The van der Waals surface area contributed by atoms with E-state index in [4.69, 9.17) is 5.53 Å². The molecule has 0 saturated heterocycles. The van der Waals surface area contributed by atoms with E-state index >= 15 is 0 Å². The van der Waals surface area contributed by atoms with Gasteiger partial charge < -0.3 is 4.74 Å². The van der Waals surface area contributed by atoms with E-state index in [1.165, 1.54) is 24.3 Å². The molecule has 0 heterocycles. The van der Waals surface area contributed by atoms with Gasteiger partial charge in [0.2, 0.25) is 0 Å². The molecule has 0 N–H and O–H groups in total. The summed E-state index contributed by atoms with van der Waals surface area (Å²) in [6.07, 6.45) is -1.45. The van der Waals surface area contributed by atoms with Gasteiger partial charge in [-0.15, -0.1) is 13.2 Å². The van der Waals surface area contributed by atoms with E-state index in [-0.39, 0.29) is 12.3 Å². The third-order valence-electron chi connectivity index (χ3n) is 1.67. The molecular formula is C10H8F3N3O. The van der Waals surface area contributed by atoms with Crippen LogP contribution in [0, 0.1) is 0 Å². The van der Waals surface area contributed by atoms with Crippen molar-refractivity contribution >= 4 is 6.08 Å². The number of azide groups is 1. The molecule has 1 aromatic carbocycles. The quantitative estimate of drug-likeness (QED) is 0.449. The molecule has 0 aliphatic rings. The van der Waals surface area contributed by atoms with Crippen LogP contribution in [-0.2, 0) is 0 Å². The predicted molar refractivity (Wildman–Crippen MR) is 56.2 cm³/mol. The highest BCUT2D eigenvalue weighted by Crippen LogP contribution is 2.22. The Morgan fingerprint density at radius 1 is 1.29 bits per heavy atom. The molecule has 0 aliphatic carbocycles. The topological polar surface area (TPSA) is 58.0 Å². The van der Waals surface area contributed by atoms with Crippen LogP contribution in [0.25, 0.3) is 16.5 Å². The van der Waals surface area contributed by atoms with Crippen LogP contribution >= 0.6 is 0 Å². The van der Waals surface area contributed by atoms with Crippen LogP contribution in [0.3, 0.4) is 0 Å². The fourth-order valence-corrected chi connectivity index (χ4v) is 1.05. The molecule has 0 spiro atoms. The van der Waals surface area contributed by atoms with E-state index < -0.39 is 6.36 Å². The van der Waals surface area contributed by atoms with E-state index in [2.05, 4.69) is 14.8 Å².